The number of hydrogen-bond acceptors (Lipinski definition) is 3. The van der Waals surface area contributed by atoms with Crippen molar-refractivity contribution in [2.45, 2.75) is 13.1 Å². The third-order valence-electron chi connectivity index (χ3n) is 3.51. The number of rotatable bonds is 1. The van der Waals surface area contributed by atoms with Crippen molar-refractivity contribution in [3.05, 3.63) is 58.1 Å². The quantitative estimate of drug-likeness (QED) is 0.748. The van der Waals surface area contributed by atoms with Crippen LogP contribution in [0.5, 0.6) is 0 Å². The van der Waals surface area contributed by atoms with Crippen LogP contribution in [0.3, 0.4) is 0 Å². The van der Waals surface area contributed by atoms with Gasteiger partial charge in [0.2, 0.25) is 0 Å². The van der Waals surface area contributed by atoms with Gasteiger partial charge in [-0.25, -0.2) is 0 Å². The summed E-state index contributed by atoms with van der Waals surface area (Å²) in [7, 11) is 0. The standard InChI is InChI=1S/C16H10ClN3/c17-16-6-11(7-18)4-5-14(16)13-3-1-2-12-8-20(10-19)9-15(12)13/h1-6H,8-9H2. The van der Waals surface area contributed by atoms with Crippen LogP contribution in [0.1, 0.15) is 16.7 Å². The average Bonchev–Trinajstić information content (AvgIpc) is 2.90. The number of fused-ring (bicyclic) bond motifs is 1. The van der Waals surface area contributed by atoms with Crippen molar-refractivity contribution in [3.8, 4) is 23.4 Å². The molecule has 0 aliphatic carbocycles. The highest BCUT2D eigenvalue weighted by molar-refractivity contribution is 6.33. The molecule has 1 aliphatic heterocycles. The van der Waals surface area contributed by atoms with Crippen molar-refractivity contribution >= 4 is 11.6 Å². The van der Waals surface area contributed by atoms with Crippen LogP contribution in [0.2, 0.25) is 5.02 Å². The van der Waals surface area contributed by atoms with Crippen molar-refractivity contribution in [1.29, 1.82) is 10.5 Å². The molecule has 20 heavy (non-hydrogen) atoms. The van der Waals surface area contributed by atoms with Crippen LogP contribution in [0.4, 0.5) is 0 Å². The van der Waals surface area contributed by atoms with Crippen molar-refractivity contribution < 1.29 is 0 Å². The summed E-state index contributed by atoms with van der Waals surface area (Å²) in [5.41, 5.74) is 4.78. The van der Waals surface area contributed by atoms with Gasteiger partial charge in [0.15, 0.2) is 6.19 Å². The molecular formula is C16H10ClN3. The molecule has 4 heteroatoms. The van der Waals surface area contributed by atoms with Gasteiger partial charge in [-0.15, -0.1) is 0 Å². The number of nitriles is 2. The van der Waals surface area contributed by atoms with E-state index in [1.807, 2.05) is 24.3 Å². The molecule has 3 rings (SSSR count). The first-order chi connectivity index (χ1) is 9.72. The lowest BCUT2D eigenvalue weighted by Crippen LogP contribution is -2.07. The van der Waals surface area contributed by atoms with Gasteiger partial charge in [-0.2, -0.15) is 10.5 Å². The van der Waals surface area contributed by atoms with Crippen LogP contribution >= 0.6 is 11.6 Å². The maximum Gasteiger partial charge on any atom is 0.179 e. The summed E-state index contributed by atoms with van der Waals surface area (Å²) in [4.78, 5) is 1.71. The predicted octanol–water partition coefficient (Wildman–Crippen LogP) is 3.68. The molecule has 0 fully saturated rings. The minimum Gasteiger partial charge on any atom is -0.302 e. The largest absolute Gasteiger partial charge is 0.302 e. The summed E-state index contributed by atoms with van der Waals surface area (Å²) in [6.07, 6.45) is 2.18. The summed E-state index contributed by atoms with van der Waals surface area (Å²) in [6.45, 7) is 1.26. The third kappa shape index (κ3) is 1.99. The Balaban J connectivity index is 2.12. The molecule has 0 unspecified atom stereocenters. The number of nitrogens with zero attached hydrogens (tertiary/aromatic N) is 3. The molecule has 2 aromatic rings. The normalized spacial score (nSPS) is 12.7. The third-order valence-corrected chi connectivity index (χ3v) is 3.83. The van der Waals surface area contributed by atoms with Crippen LogP contribution in [0.25, 0.3) is 11.1 Å². The topological polar surface area (TPSA) is 50.8 Å². The maximum atomic E-state index is 9.04. The van der Waals surface area contributed by atoms with E-state index in [2.05, 4.69) is 12.3 Å². The highest BCUT2D eigenvalue weighted by Gasteiger charge is 2.21. The van der Waals surface area contributed by atoms with Gasteiger partial charge in [0.1, 0.15) is 0 Å². The van der Waals surface area contributed by atoms with E-state index in [9.17, 15) is 0 Å². The van der Waals surface area contributed by atoms with Gasteiger partial charge in [0.05, 0.1) is 24.7 Å². The smallest absolute Gasteiger partial charge is 0.179 e. The first kappa shape index (κ1) is 12.5. The fraction of sp³-hybridized carbons (Fsp3) is 0.125. The molecule has 0 atom stereocenters. The Hall–Kier alpha value is -2.49. The van der Waals surface area contributed by atoms with Crippen LogP contribution in [0.15, 0.2) is 36.4 Å². The van der Waals surface area contributed by atoms with Gasteiger partial charge in [0, 0.05) is 10.6 Å². The van der Waals surface area contributed by atoms with Crippen molar-refractivity contribution in [2.75, 3.05) is 0 Å². The van der Waals surface area contributed by atoms with E-state index < -0.39 is 0 Å². The number of benzene rings is 2. The van der Waals surface area contributed by atoms with Crippen molar-refractivity contribution in [3.63, 3.8) is 0 Å². The van der Waals surface area contributed by atoms with E-state index >= 15 is 0 Å². The summed E-state index contributed by atoms with van der Waals surface area (Å²) in [5.74, 6) is 0. The SMILES string of the molecule is N#Cc1ccc(-c2cccc3c2CN(C#N)C3)c(Cl)c1. The molecule has 0 amide bonds. The molecular weight excluding hydrogens is 270 g/mol. The lowest BCUT2D eigenvalue weighted by atomic mass is 9.96. The highest BCUT2D eigenvalue weighted by atomic mass is 35.5. The molecule has 1 heterocycles. The van der Waals surface area contributed by atoms with Crippen LogP contribution in [0, 0.1) is 22.8 Å². The fourth-order valence-electron chi connectivity index (χ4n) is 2.55. The fourth-order valence-corrected chi connectivity index (χ4v) is 2.83. The Labute approximate surface area is 122 Å². The second-order valence-electron chi connectivity index (χ2n) is 4.71. The Bertz CT molecular complexity index is 768. The zero-order chi connectivity index (χ0) is 14.1. The van der Waals surface area contributed by atoms with E-state index in [1.54, 1.807) is 17.0 Å². The summed E-state index contributed by atoms with van der Waals surface area (Å²) < 4.78 is 0. The van der Waals surface area contributed by atoms with E-state index in [0.29, 0.717) is 23.7 Å². The van der Waals surface area contributed by atoms with E-state index in [-0.39, 0.29) is 0 Å². The first-order valence-corrected chi connectivity index (χ1v) is 6.56. The minimum absolute atomic E-state index is 0.546. The zero-order valence-electron chi connectivity index (χ0n) is 10.6. The molecule has 0 spiro atoms. The second-order valence-corrected chi connectivity index (χ2v) is 5.11. The lowest BCUT2D eigenvalue weighted by molar-refractivity contribution is 0.417. The molecule has 0 aromatic heterocycles. The number of hydrogen-bond donors (Lipinski definition) is 0. The molecule has 0 saturated carbocycles. The summed E-state index contributed by atoms with van der Waals surface area (Å²) in [6, 6.07) is 13.4. The van der Waals surface area contributed by atoms with Crippen molar-refractivity contribution in [1.82, 2.24) is 4.90 Å². The van der Waals surface area contributed by atoms with E-state index in [1.165, 1.54) is 0 Å². The summed E-state index contributed by atoms with van der Waals surface area (Å²) >= 11 is 6.28. The van der Waals surface area contributed by atoms with Crippen LogP contribution in [-0.4, -0.2) is 4.90 Å². The Morgan fingerprint density at radius 2 is 1.90 bits per heavy atom. The second kappa shape index (κ2) is 4.89. The summed E-state index contributed by atoms with van der Waals surface area (Å²) in [5, 5.41) is 18.5. The predicted molar refractivity (Wildman–Crippen MR) is 76.5 cm³/mol. The Morgan fingerprint density at radius 1 is 1.05 bits per heavy atom. The average molecular weight is 280 g/mol. The number of halogens is 1. The molecule has 3 nitrogen and oxygen atoms in total. The van der Waals surface area contributed by atoms with Gasteiger partial charge < -0.3 is 4.90 Å². The first-order valence-electron chi connectivity index (χ1n) is 6.18. The molecule has 0 N–H and O–H groups in total. The van der Waals surface area contributed by atoms with E-state index in [0.717, 1.165) is 22.3 Å². The van der Waals surface area contributed by atoms with E-state index in [4.69, 9.17) is 22.1 Å². The monoisotopic (exact) mass is 279 g/mol. The Morgan fingerprint density at radius 3 is 2.60 bits per heavy atom. The molecule has 96 valence electrons. The van der Waals surface area contributed by atoms with Gasteiger partial charge >= 0.3 is 0 Å². The lowest BCUT2D eigenvalue weighted by Gasteiger charge is -2.10. The van der Waals surface area contributed by atoms with Gasteiger partial charge in [0.25, 0.3) is 0 Å². The molecule has 2 aromatic carbocycles. The highest BCUT2D eigenvalue weighted by Crippen LogP contribution is 2.36. The molecule has 0 saturated heterocycles. The molecule has 0 radical (unpaired) electrons. The zero-order valence-corrected chi connectivity index (χ0v) is 11.4. The van der Waals surface area contributed by atoms with Crippen molar-refractivity contribution in [2.24, 2.45) is 0 Å². The molecule has 0 bridgehead atoms. The van der Waals surface area contributed by atoms with Gasteiger partial charge in [-0.3, -0.25) is 0 Å². The maximum absolute atomic E-state index is 9.04. The van der Waals surface area contributed by atoms with Crippen LogP contribution < -0.4 is 0 Å². The molecule has 1 aliphatic rings. The Kier molecular flexibility index (Phi) is 3.06. The van der Waals surface area contributed by atoms with Gasteiger partial charge in [-0.05, 0) is 28.8 Å². The minimum atomic E-state index is 0.546. The van der Waals surface area contributed by atoms with Crippen LogP contribution in [-0.2, 0) is 13.1 Å². The van der Waals surface area contributed by atoms with Gasteiger partial charge in [-0.1, -0.05) is 35.9 Å².